The van der Waals surface area contributed by atoms with E-state index in [2.05, 4.69) is 4.98 Å². The van der Waals surface area contributed by atoms with Crippen LogP contribution in [0.15, 0.2) is 59.8 Å². The number of hydrogen-bond acceptors (Lipinski definition) is 5. The van der Waals surface area contributed by atoms with Gasteiger partial charge in [0.05, 0.1) is 21.7 Å². The van der Waals surface area contributed by atoms with Gasteiger partial charge in [0.2, 0.25) is 0 Å². The third kappa shape index (κ3) is 4.67. The normalized spacial score (nSPS) is 12.0. The van der Waals surface area contributed by atoms with Crippen molar-refractivity contribution >= 4 is 38.6 Å². The summed E-state index contributed by atoms with van der Waals surface area (Å²) in [6.07, 6.45) is -2.58. The molecule has 0 fully saturated rings. The van der Waals surface area contributed by atoms with Gasteiger partial charge in [-0.2, -0.15) is 13.2 Å². The van der Waals surface area contributed by atoms with E-state index in [0.717, 1.165) is 10.8 Å². The monoisotopic (exact) mass is 540 g/mol. The molecule has 4 N–H and O–H groups in total. The maximum atomic E-state index is 15.3. The van der Waals surface area contributed by atoms with Crippen LogP contribution in [0.5, 0.6) is 0 Å². The molecule has 2 aromatic heterocycles. The zero-order valence-electron chi connectivity index (χ0n) is 18.0. The lowest BCUT2D eigenvalue weighted by Crippen LogP contribution is -2.21. The lowest BCUT2D eigenvalue weighted by atomic mass is 10.1. The zero-order valence-corrected chi connectivity index (χ0v) is 18.9. The average molecular weight is 540 g/mol. The Balaban J connectivity index is 1.90. The fourth-order valence-electron chi connectivity index (χ4n) is 3.47. The number of nitrogens with two attached hydrogens (primary N) is 1. The van der Waals surface area contributed by atoms with Crippen LogP contribution in [0.2, 0.25) is 0 Å². The molecule has 4 rings (SSSR count). The molecule has 2 heterocycles. The number of nitrogens with zero attached hydrogens (tertiary/aromatic N) is 2. The molecule has 9 nitrogen and oxygen atoms in total. The largest absolute Gasteiger partial charge is 0.478 e. The van der Waals surface area contributed by atoms with E-state index in [1.165, 1.54) is 18.3 Å². The van der Waals surface area contributed by atoms with Crippen molar-refractivity contribution in [2.75, 3.05) is 4.72 Å². The minimum atomic E-state index is -4.78. The smallest absolute Gasteiger partial charge is 0.416 e. The van der Waals surface area contributed by atoms with Gasteiger partial charge in [0, 0.05) is 23.8 Å². The summed E-state index contributed by atoms with van der Waals surface area (Å²) in [6.45, 7) is 0. The van der Waals surface area contributed by atoms with Crippen molar-refractivity contribution in [2.24, 2.45) is 5.73 Å². The first-order chi connectivity index (χ1) is 17.2. The van der Waals surface area contributed by atoms with Crippen molar-refractivity contribution in [1.82, 2.24) is 9.55 Å². The minimum Gasteiger partial charge on any atom is -0.478 e. The number of carboxylic acid groups (broad SMARTS) is 1. The number of alkyl halides is 3. The number of benzene rings is 2. The van der Waals surface area contributed by atoms with Gasteiger partial charge in [0.25, 0.3) is 15.9 Å². The van der Waals surface area contributed by atoms with Gasteiger partial charge in [0.1, 0.15) is 22.7 Å². The summed E-state index contributed by atoms with van der Waals surface area (Å²) >= 11 is 0. The zero-order chi connectivity index (χ0) is 27.3. The molecule has 0 saturated heterocycles. The van der Waals surface area contributed by atoms with Crippen LogP contribution in [0.4, 0.5) is 27.6 Å². The minimum absolute atomic E-state index is 0.0365. The topological polar surface area (TPSA) is 144 Å². The van der Waals surface area contributed by atoms with E-state index in [-0.39, 0.29) is 16.6 Å². The fraction of sp³-hybridized carbons (Fsp3) is 0.0455. The highest BCUT2D eigenvalue weighted by molar-refractivity contribution is 7.92. The molecule has 15 heteroatoms. The van der Waals surface area contributed by atoms with Gasteiger partial charge in [0.15, 0.2) is 5.82 Å². The van der Waals surface area contributed by atoms with Crippen molar-refractivity contribution in [3.63, 3.8) is 0 Å². The van der Waals surface area contributed by atoms with Crippen LogP contribution >= 0.6 is 0 Å². The van der Waals surface area contributed by atoms with E-state index < -0.39 is 67.1 Å². The number of aromatic carboxylic acids is 1. The van der Waals surface area contributed by atoms with E-state index >= 15 is 4.39 Å². The number of fused-ring (bicyclic) bond motifs is 1. The molecular formula is C22H13F5N4O5S. The van der Waals surface area contributed by atoms with Gasteiger partial charge in [-0.1, -0.05) is 0 Å². The number of rotatable bonds is 6. The van der Waals surface area contributed by atoms with Gasteiger partial charge in [-0.05, 0) is 36.4 Å². The molecule has 0 aliphatic rings. The number of sulfonamides is 1. The highest BCUT2D eigenvalue weighted by atomic mass is 32.2. The summed E-state index contributed by atoms with van der Waals surface area (Å²) in [6, 6.07) is 5.38. The average Bonchev–Trinajstić information content (AvgIpc) is 3.23. The van der Waals surface area contributed by atoms with Crippen LogP contribution in [0.1, 0.15) is 26.3 Å². The van der Waals surface area contributed by atoms with Crippen LogP contribution in [0.25, 0.3) is 16.7 Å². The predicted molar refractivity (Wildman–Crippen MR) is 119 cm³/mol. The number of aromatic nitrogens is 2. The Morgan fingerprint density at radius 2 is 1.70 bits per heavy atom. The fourth-order valence-corrected chi connectivity index (χ4v) is 4.55. The number of nitrogens with one attached hydrogen (secondary N) is 1. The Bertz CT molecular complexity index is 1680. The third-order valence-corrected chi connectivity index (χ3v) is 6.57. The van der Waals surface area contributed by atoms with Crippen LogP contribution in [0.3, 0.4) is 0 Å². The highest BCUT2D eigenvalue weighted by Crippen LogP contribution is 2.34. The number of carbonyl (C=O) groups excluding carboxylic acids is 1. The Morgan fingerprint density at radius 1 is 1.05 bits per heavy atom. The van der Waals surface area contributed by atoms with E-state index in [9.17, 15) is 35.6 Å². The molecule has 0 spiro atoms. The van der Waals surface area contributed by atoms with Crippen LogP contribution in [0, 0.1) is 11.6 Å². The number of anilines is 1. The van der Waals surface area contributed by atoms with Gasteiger partial charge in [-0.25, -0.2) is 27.0 Å². The second kappa shape index (κ2) is 8.85. The molecule has 37 heavy (non-hydrogen) atoms. The molecule has 4 aromatic rings. The standard InChI is InChI=1S/C22H13F5N4O5S/c23-14-8-15(31-6-5-10-7-11(21(33)34)9-29-20(10)31)18(17(24)16(14)19(28)32)30-37(35,36)13-3-1-12(2-4-13)22(25,26)27/h1-9,30H,(H2,28,32)(H,33,34). The van der Waals surface area contributed by atoms with E-state index in [4.69, 9.17) is 10.8 Å². The second-order valence-corrected chi connectivity index (χ2v) is 9.24. The first kappa shape index (κ1) is 25.6. The Morgan fingerprint density at radius 3 is 2.27 bits per heavy atom. The molecule has 192 valence electrons. The maximum absolute atomic E-state index is 15.3. The summed E-state index contributed by atoms with van der Waals surface area (Å²) in [4.78, 5) is 26.1. The van der Waals surface area contributed by atoms with Crippen molar-refractivity contribution in [1.29, 1.82) is 0 Å². The first-order valence-electron chi connectivity index (χ1n) is 9.93. The number of carbonyl (C=O) groups is 2. The summed E-state index contributed by atoms with van der Waals surface area (Å²) in [5.74, 6) is -5.99. The highest BCUT2D eigenvalue weighted by Gasteiger charge is 2.31. The predicted octanol–water partition coefficient (Wildman–Crippen LogP) is 3.92. The van der Waals surface area contributed by atoms with E-state index in [0.29, 0.717) is 30.3 Å². The number of primary amides is 1. The molecule has 0 radical (unpaired) electrons. The van der Waals surface area contributed by atoms with E-state index in [1.54, 1.807) is 0 Å². The number of carboxylic acids is 1. The third-order valence-electron chi connectivity index (χ3n) is 5.21. The summed E-state index contributed by atoms with van der Waals surface area (Å²) < 4.78 is 97.3. The summed E-state index contributed by atoms with van der Waals surface area (Å²) in [5, 5.41) is 9.34. The van der Waals surface area contributed by atoms with Gasteiger partial charge in [-0.15, -0.1) is 0 Å². The molecule has 0 aliphatic heterocycles. The Hall–Kier alpha value is -4.53. The lowest BCUT2D eigenvalue weighted by molar-refractivity contribution is -0.137. The van der Waals surface area contributed by atoms with Gasteiger partial charge < -0.3 is 10.8 Å². The molecule has 0 unspecified atom stereocenters. The van der Waals surface area contributed by atoms with Crippen LogP contribution in [-0.2, 0) is 16.2 Å². The van der Waals surface area contributed by atoms with Crippen LogP contribution < -0.4 is 10.5 Å². The Labute approximate surface area is 204 Å². The van der Waals surface area contributed by atoms with Gasteiger partial charge >= 0.3 is 12.1 Å². The number of amides is 1. The molecule has 0 bridgehead atoms. The summed E-state index contributed by atoms with van der Waals surface area (Å²) in [7, 11) is -4.78. The summed E-state index contributed by atoms with van der Waals surface area (Å²) in [5.41, 5.74) is 0.924. The van der Waals surface area contributed by atoms with Crippen LogP contribution in [-0.4, -0.2) is 35.0 Å². The van der Waals surface area contributed by atoms with Crippen molar-refractivity contribution < 1.29 is 45.1 Å². The van der Waals surface area contributed by atoms with Crippen molar-refractivity contribution in [3.05, 3.63) is 83.2 Å². The van der Waals surface area contributed by atoms with Crippen molar-refractivity contribution in [3.8, 4) is 5.69 Å². The quantitative estimate of drug-likeness (QED) is 0.316. The molecule has 1 amide bonds. The molecule has 0 aliphatic carbocycles. The molecule has 2 aromatic carbocycles. The second-order valence-electron chi connectivity index (χ2n) is 7.56. The molecular weight excluding hydrogens is 527 g/mol. The number of halogens is 5. The SMILES string of the molecule is NC(=O)c1c(F)cc(-n2ccc3cc(C(=O)O)cnc32)c(NS(=O)(=O)c2ccc(C(F)(F)F)cc2)c1F. The maximum Gasteiger partial charge on any atom is 0.416 e. The van der Waals surface area contributed by atoms with Gasteiger partial charge in [-0.3, -0.25) is 14.1 Å². The Kier molecular flexibility index (Phi) is 6.11. The number of pyridine rings is 1. The molecule has 0 saturated carbocycles. The molecule has 0 atom stereocenters. The number of hydrogen-bond donors (Lipinski definition) is 3. The lowest BCUT2D eigenvalue weighted by Gasteiger charge is -2.17. The van der Waals surface area contributed by atoms with E-state index in [1.807, 2.05) is 4.72 Å². The van der Waals surface area contributed by atoms with Crippen molar-refractivity contribution in [2.45, 2.75) is 11.1 Å². The first-order valence-corrected chi connectivity index (χ1v) is 11.4.